The Morgan fingerprint density at radius 1 is 1.23 bits per heavy atom. The summed E-state index contributed by atoms with van der Waals surface area (Å²) in [4.78, 5) is 12.2. The van der Waals surface area contributed by atoms with E-state index in [4.69, 9.17) is 5.73 Å². The van der Waals surface area contributed by atoms with Crippen molar-refractivity contribution in [3.63, 3.8) is 0 Å². The molecule has 0 heterocycles. The van der Waals surface area contributed by atoms with Crippen LogP contribution in [-0.4, -0.2) is 12.3 Å². The van der Waals surface area contributed by atoms with Gasteiger partial charge in [0.1, 0.15) is 5.60 Å². The van der Waals surface area contributed by atoms with Crippen LogP contribution >= 0.6 is 0 Å². The third-order valence-corrected chi connectivity index (χ3v) is 4.76. The average Bonchev–Trinajstić information content (AvgIpc) is 2.46. The molecule has 1 saturated carbocycles. The molecule has 2 unspecified atom stereocenters. The summed E-state index contributed by atoms with van der Waals surface area (Å²) in [5.74, 6) is -0.734. The number of rotatable bonds is 4. The summed E-state index contributed by atoms with van der Waals surface area (Å²) in [6.07, 6.45) is -3.01. The van der Waals surface area contributed by atoms with Gasteiger partial charge in [-0.1, -0.05) is 50.1 Å². The summed E-state index contributed by atoms with van der Waals surface area (Å²) < 4.78 is 44.0. The number of carbonyl (C=O) groups is 1. The Hall–Kier alpha value is -1.56. The lowest BCUT2D eigenvalue weighted by Crippen LogP contribution is -2.58. The van der Waals surface area contributed by atoms with Crippen molar-refractivity contribution in [3.8, 4) is 0 Å². The number of primary amides is 1. The second kappa shape index (κ2) is 5.91. The minimum atomic E-state index is -4.84. The number of carbonyl (C=O) groups excluding carboxylic acids is 1. The van der Waals surface area contributed by atoms with Crippen molar-refractivity contribution in [1.82, 2.24) is 0 Å². The SMILES string of the molecule is CCC1(C(N)=O)CCCCC1(OC(F)(F)F)c1ccccc1. The number of nitrogens with two attached hydrogens (primary N) is 1. The molecule has 0 aliphatic heterocycles. The number of ether oxygens (including phenoxy) is 1. The zero-order chi connectivity index (χ0) is 16.4. The number of halogens is 3. The molecule has 6 heteroatoms. The zero-order valence-corrected chi connectivity index (χ0v) is 12.5. The Kier molecular flexibility index (Phi) is 4.52. The van der Waals surface area contributed by atoms with Gasteiger partial charge >= 0.3 is 6.36 Å². The van der Waals surface area contributed by atoms with Crippen molar-refractivity contribution >= 4 is 5.91 Å². The normalized spacial score (nSPS) is 29.3. The molecular weight excluding hydrogens is 295 g/mol. The second-order valence-corrected chi connectivity index (χ2v) is 5.75. The first kappa shape index (κ1) is 16.8. The highest BCUT2D eigenvalue weighted by molar-refractivity contribution is 5.83. The van der Waals surface area contributed by atoms with Crippen LogP contribution in [0.4, 0.5) is 13.2 Å². The fourth-order valence-electron chi connectivity index (χ4n) is 3.73. The van der Waals surface area contributed by atoms with Crippen LogP contribution < -0.4 is 5.73 Å². The van der Waals surface area contributed by atoms with Gasteiger partial charge in [0.15, 0.2) is 0 Å². The molecular formula is C16H20F3NO2. The minimum Gasteiger partial charge on any atom is -0.369 e. The smallest absolute Gasteiger partial charge is 0.369 e. The van der Waals surface area contributed by atoms with Crippen LogP contribution in [-0.2, 0) is 15.1 Å². The highest BCUT2D eigenvalue weighted by Crippen LogP contribution is 2.56. The van der Waals surface area contributed by atoms with E-state index in [-0.39, 0.29) is 12.8 Å². The molecule has 0 aromatic heterocycles. The zero-order valence-electron chi connectivity index (χ0n) is 12.5. The van der Waals surface area contributed by atoms with E-state index in [2.05, 4.69) is 4.74 Å². The molecule has 1 amide bonds. The third kappa shape index (κ3) is 2.72. The van der Waals surface area contributed by atoms with Crippen LogP contribution in [0.25, 0.3) is 0 Å². The van der Waals surface area contributed by atoms with Crippen LogP contribution in [0.15, 0.2) is 30.3 Å². The monoisotopic (exact) mass is 315 g/mol. The number of alkyl halides is 3. The predicted molar refractivity (Wildman–Crippen MR) is 75.6 cm³/mol. The molecule has 1 fully saturated rings. The highest BCUT2D eigenvalue weighted by Gasteiger charge is 2.61. The molecule has 1 aromatic carbocycles. The first-order chi connectivity index (χ1) is 10.3. The van der Waals surface area contributed by atoms with Gasteiger partial charge in [-0.05, 0) is 24.8 Å². The summed E-state index contributed by atoms with van der Waals surface area (Å²) in [6, 6.07) is 8.15. The van der Waals surface area contributed by atoms with Gasteiger partial charge in [0.05, 0.1) is 5.41 Å². The molecule has 1 aliphatic carbocycles. The molecule has 122 valence electrons. The molecule has 0 bridgehead atoms. The number of hydrogen-bond donors (Lipinski definition) is 1. The van der Waals surface area contributed by atoms with Crippen molar-refractivity contribution in [2.24, 2.45) is 11.1 Å². The summed E-state index contributed by atoms with van der Waals surface area (Å²) in [6.45, 7) is 1.69. The van der Waals surface area contributed by atoms with Gasteiger partial charge < -0.3 is 5.73 Å². The van der Waals surface area contributed by atoms with E-state index in [0.29, 0.717) is 24.8 Å². The van der Waals surface area contributed by atoms with Crippen molar-refractivity contribution in [2.45, 2.75) is 51.0 Å². The molecule has 22 heavy (non-hydrogen) atoms. The minimum absolute atomic E-state index is 0.118. The predicted octanol–water partition coefficient (Wildman–Crippen LogP) is 3.87. The van der Waals surface area contributed by atoms with Gasteiger partial charge in [-0.15, -0.1) is 13.2 Å². The van der Waals surface area contributed by atoms with Crippen LogP contribution in [0, 0.1) is 5.41 Å². The lowest BCUT2D eigenvalue weighted by atomic mass is 9.58. The fourth-order valence-corrected chi connectivity index (χ4v) is 3.73. The third-order valence-electron chi connectivity index (χ3n) is 4.76. The number of hydrogen-bond acceptors (Lipinski definition) is 2. The van der Waals surface area contributed by atoms with Crippen molar-refractivity contribution in [2.75, 3.05) is 0 Å². The van der Waals surface area contributed by atoms with Gasteiger partial charge in [-0.3, -0.25) is 9.53 Å². The van der Waals surface area contributed by atoms with E-state index >= 15 is 0 Å². The van der Waals surface area contributed by atoms with E-state index in [0.717, 1.165) is 0 Å². The van der Waals surface area contributed by atoms with Gasteiger partial charge in [0.25, 0.3) is 0 Å². The Morgan fingerprint density at radius 2 is 1.82 bits per heavy atom. The quantitative estimate of drug-likeness (QED) is 0.917. The first-order valence-electron chi connectivity index (χ1n) is 7.40. The number of amides is 1. The van der Waals surface area contributed by atoms with Gasteiger partial charge in [0.2, 0.25) is 5.91 Å². The molecule has 2 rings (SSSR count). The van der Waals surface area contributed by atoms with E-state index in [1.165, 1.54) is 0 Å². The van der Waals surface area contributed by atoms with E-state index in [1.807, 2.05) is 0 Å². The number of benzene rings is 1. The average molecular weight is 315 g/mol. The molecule has 3 nitrogen and oxygen atoms in total. The summed E-state index contributed by atoms with van der Waals surface area (Å²) in [5.41, 5.74) is 2.79. The standard InChI is InChI=1S/C16H20F3NO2/c1-2-14(13(20)21)10-6-7-11-15(14,22-16(17,18)19)12-8-4-3-5-9-12/h3-5,8-9H,2,6-7,10-11H2,1H3,(H2,20,21). The molecule has 2 atom stereocenters. The van der Waals surface area contributed by atoms with Crippen LogP contribution in [0.2, 0.25) is 0 Å². The van der Waals surface area contributed by atoms with Gasteiger partial charge in [-0.2, -0.15) is 0 Å². The van der Waals surface area contributed by atoms with E-state index in [9.17, 15) is 18.0 Å². The molecule has 2 N–H and O–H groups in total. The molecule has 0 saturated heterocycles. The lowest BCUT2D eigenvalue weighted by molar-refractivity contribution is -0.391. The van der Waals surface area contributed by atoms with Crippen LogP contribution in [0.1, 0.15) is 44.6 Å². The van der Waals surface area contributed by atoms with E-state index < -0.39 is 23.3 Å². The van der Waals surface area contributed by atoms with Gasteiger partial charge in [0, 0.05) is 0 Å². The maximum absolute atomic E-state index is 13.1. The molecule has 1 aliphatic rings. The van der Waals surface area contributed by atoms with Crippen molar-refractivity contribution in [1.29, 1.82) is 0 Å². The molecule has 0 radical (unpaired) electrons. The largest absolute Gasteiger partial charge is 0.523 e. The van der Waals surface area contributed by atoms with Crippen molar-refractivity contribution < 1.29 is 22.7 Å². The Labute approximate surface area is 127 Å². The first-order valence-corrected chi connectivity index (χ1v) is 7.40. The van der Waals surface area contributed by atoms with Gasteiger partial charge in [-0.25, -0.2) is 0 Å². The Balaban J connectivity index is 2.66. The maximum atomic E-state index is 13.1. The topological polar surface area (TPSA) is 52.3 Å². The van der Waals surface area contributed by atoms with Crippen LogP contribution in [0.3, 0.4) is 0 Å². The van der Waals surface area contributed by atoms with E-state index in [1.54, 1.807) is 37.3 Å². The fraction of sp³-hybridized carbons (Fsp3) is 0.562. The Bertz CT molecular complexity index is 532. The maximum Gasteiger partial charge on any atom is 0.523 e. The summed E-state index contributed by atoms with van der Waals surface area (Å²) in [7, 11) is 0. The van der Waals surface area contributed by atoms with Crippen LogP contribution in [0.5, 0.6) is 0 Å². The highest BCUT2D eigenvalue weighted by atomic mass is 19.4. The second-order valence-electron chi connectivity index (χ2n) is 5.75. The molecule has 1 aromatic rings. The summed E-state index contributed by atoms with van der Waals surface area (Å²) >= 11 is 0. The Morgan fingerprint density at radius 3 is 2.32 bits per heavy atom. The van der Waals surface area contributed by atoms with Crippen molar-refractivity contribution in [3.05, 3.63) is 35.9 Å². The molecule has 0 spiro atoms. The summed E-state index contributed by atoms with van der Waals surface area (Å²) in [5, 5.41) is 0. The lowest BCUT2D eigenvalue weighted by Gasteiger charge is -2.51.